The van der Waals surface area contributed by atoms with Crippen molar-refractivity contribution in [2.24, 2.45) is 0 Å². The maximum atomic E-state index is 11.5. The van der Waals surface area contributed by atoms with Crippen LogP contribution in [0, 0.1) is 0 Å². The number of thioether (sulfide) groups is 1. The minimum Gasteiger partial charge on any atom is -0.480 e. The van der Waals surface area contributed by atoms with E-state index in [0.29, 0.717) is 0 Å². The Bertz CT molecular complexity index is 924. The molecule has 3 nitrogen and oxygen atoms in total. The normalized spacial score (nSPS) is 11.6. The summed E-state index contributed by atoms with van der Waals surface area (Å²) in [6, 6.07) is 14.1. The number of hydrogen-bond donors (Lipinski definition) is 1. The predicted molar refractivity (Wildman–Crippen MR) is 102 cm³/mol. The van der Waals surface area contributed by atoms with Crippen molar-refractivity contribution in [3.05, 3.63) is 59.3 Å². The Hall–Kier alpha value is -1.85. The third-order valence-electron chi connectivity index (χ3n) is 3.82. The number of hydrogen-bond acceptors (Lipinski definition) is 3. The fourth-order valence-corrected chi connectivity index (χ4v) is 4.01. The molecule has 1 N–H and O–H groups in total. The molecule has 0 saturated carbocycles. The molecule has 0 unspecified atom stereocenters. The van der Waals surface area contributed by atoms with E-state index in [4.69, 9.17) is 0 Å². The van der Waals surface area contributed by atoms with Crippen LogP contribution in [0.1, 0.15) is 13.8 Å². The second-order valence-electron chi connectivity index (χ2n) is 5.93. The maximum absolute atomic E-state index is 11.5. The van der Waals surface area contributed by atoms with Gasteiger partial charge in [0.15, 0.2) is 0 Å². The molecular weight excluding hydrogens is 386 g/mol. The molecule has 5 heteroatoms. The van der Waals surface area contributed by atoms with Crippen LogP contribution in [0.25, 0.3) is 21.9 Å². The minimum absolute atomic E-state index is 0.837. The van der Waals surface area contributed by atoms with E-state index in [1.54, 1.807) is 26.2 Å². The first-order valence-electron chi connectivity index (χ1n) is 7.44. The number of carboxylic acids is 1. The van der Waals surface area contributed by atoms with Crippen LogP contribution < -0.4 is 0 Å². The van der Waals surface area contributed by atoms with Crippen molar-refractivity contribution in [3.8, 4) is 11.1 Å². The lowest BCUT2D eigenvalue weighted by Crippen LogP contribution is -2.27. The number of benzene rings is 2. The number of nitrogens with zero attached hydrogens (tertiary/aromatic N) is 1. The van der Waals surface area contributed by atoms with E-state index in [-0.39, 0.29) is 0 Å². The third kappa shape index (κ3) is 3.19. The van der Waals surface area contributed by atoms with E-state index >= 15 is 0 Å². The molecule has 122 valence electrons. The lowest BCUT2D eigenvalue weighted by atomic mass is 9.99. The summed E-state index contributed by atoms with van der Waals surface area (Å²) in [6.07, 6.45) is 3.50. The van der Waals surface area contributed by atoms with Gasteiger partial charge in [0.05, 0.1) is 0 Å². The highest BCUT2D eigenvalue weighted by Gasteiger charge is 2.29. The number of pyridine rings is 1. The Kier molecular flexibility index (Phi) is 4.65. The lowest BCUT2D eigenvalue weighted by molar-refractivity contribution is -0.138. The Morgan fingerprint density at radius 2 is 1.79 bits per heavy atom. The fraction of sp³-hybridized carbons (Fsp3) is 0.158. The van der Waals surface area contributed by atoms with Crippen LogP contribution in [0.4, 0.5) is 0 Å². The molecule has 0 aliphatic heterocycles. The largest absolute Gasteiger partial charge is 0.480 e. The van der Waals surface area contributed by atoms with Crippen LogP contribution in [0.5, 0.6) is 0 Å². The van der Waals surface area contributed by atoms with E-state index in [2.05, 4.69) is 33.0 Å². The summed E-state index contributed by atoms with van der Waals surface area (Å²) in [5.74, 6) is -0.837. The summed E-state index contributed by atoms with van der Waals surface area (Å²) in [4.78, 5) is 16.6. The van der Waals surface area contributed by atoms with Crippen LogP contribution in [0.15, 0.2) is 64.2 Å². The summed E-state index contributed by atoms with van der Waals surface area (Å²) in [5.41, 5.74) is 1.99. The van der Waals surface area contributed by atoms with Gasteiger partial charge in [-0.05, 0) is 42.3 Å². The number of halogens is 1. The third-order valence-corrected chi connectivity index (χ3v) is 5.77. The molecule has 0 aliphatic carbocycles. The topological polar surface area (TPSA) is 50.2 Å². The first-order valence-corrected chi connectivity index (χ1v) is 9.05. The van der Waals surface area contributed by atoms with Gasteiger partial charge >= 0.3 is 5.97 Å². The molecule has 0 saturated heterocycles. The molecule has 1 aromatic heterocycles. The Morgan fingerprint density at radius 3 is 2.50 bits per heavy atom. The van der Waals surface area contributed by atoms with Gasteiger partial charge in [-0.1, -0.05) is 46.3 Å². The Balaban J connectivity index is 2.19. The zero-order valence-electron chi connectivity index (χ0n) is 13.3. The standard InChI is InChI=1S/C19H16BrNO2S/c1-19(2,18(22)23)24-17-9-10-21-11-15(17)13-7-8-16(20)14-6-4-3-5-12(13)14/h3-11H,1-2H3,(H,22,23). The number of carboxylic acid groups (broad SMARTS) is 1. The van der Waals surface area contributed by atoms with Crippen molar-refractivity contribution in [2.75, 3.05) is 0 Å². The molecule has 0 spiro atoms. The smallest absolute Gasteiger partial charge is 0.319 e. The van der Waals surface area contributed by atoms with Crippen molar-refractivity contribution in [1.29, 1.82) is 0 Å². The first-order chi connectivity index (χ1) is 11.4. The number of rotatable bonds is 4. The van der Waals surface area contributed by atoms with Gasteiger partial charge in [0, 0.05) is 27.3 Å². The molecule has 0 aliphatic rings. The number of carbonyl (C=O) groups is 1. The van der Waals surface area contributed by atoms with Crippen LogP contribution in [0.3, 0.4) is 0 Å². The Morgan fingerprint density at radius 1 is 1.08 bits per heavy atom. The van der Waals surface area contributed by atoms with E-state index in [1.165, 1.54) is 11.8 Å². The van der Waals surface area contributed by atoms with Crippen molar-refractivity contribution < 1.29 is 9.90 Å². The molecule has 2 aromatic carbocycles. The average molecular weight is 402 g/mol. The van der Waals surface area contributed by atoms with Gasteiger partial charge in [-0.2, -0.15) is 0 Å². The van der Waals surface area contributed by atoms with Gasteiger partial charge in [0.25, 0.3) is 0 Å². The molecule has 0 radical (unpaired) electrons. The van der Waals surface area contributed by atoms with Crippen LogP contribution in [-0.4, -0.2) is 20.8 Å². The van der Waals surface area contributed by atoms with Crippen LogP contribution in [0.2, 0.25) is 0 Å². The van der Waals surface area contributed by atoms with Crippen molar-refractivity contribution in [3.63, 3.8) is 0 Å². The van der Waals surface area contributed by atoms with Gasteiger partial charge in [-0.3, -0.25) is 9.78 Å². The summed E-state index contributed by atoms with van der Waals surface area (Å²) >= 11 is 4.93. The van der Waals surface area contributed by atoms with Crippen molar-refractivity contribution >= 4 is 44.4 Å². The first kappa shape index (κ1) is 17.0. The zero-order chi connectivity index (χ0) is 17.3. The Labute approximate surface area is 153 Å². The average Bonchev–Trinajstić information content (AvgIpc) is 2.56. The molecule has 0 atom stereocenters. The van der Waals surface area contributed by atoms with Gasteiger partial charge < -0.3 is 5.11 Å². The van der Waals surface area contributed by atoms with Crippen molar-refractivity contribution in [2.45, 2.75) is 23.5 Å². The van der Waals surface area contributed by atoms with E-state index in [9.17, 15) is 9.90 Å². The molecule has 3 rings (SSSR count). The highest BCUT2D eigenvalue weighted by molar-refractivity contribution is 9.10. The summed E-state index contributed by atoms with van der Waals surface area (Å²) in [7, 11) is 0. The highest BCUT2D eigenvalue weighted by Crippen LogP contribution is 2.41. The molecule has 24 heavy (non-hydrogen) atoms. The second-order valence-corrected chi connectivity index (χ2v) is 8.45. The molecule has 0 bridgehead atoms. The maximum Gasteiger partial charge on any atom is 0.319 e. The van der Waals surface area contributed by atoms with Crippen LogP contribution >= 0.6 is 27.7 Å². The van der Waals surface area contributed by atoms with Gasteiger partial charge in [-0.15, -0.1) is 11.8 Å². The summed E-state index contributed by atoms with van der Waals surface area (Å²) in [6.45, 7) is 3.42. The highest BCUT2D eigenvalue weighted by atomic mass is 79.9. The van der Waals surface area contributed by atoms with Crippen molar-refractivity contribution in [1.82, 2.24) is 4.98 Å². The van der Waals surface area contributed by atoms with E-state index < -0.39 is 10.7 Å². The van der Waals surface area contributed by atoms with E-state index in [0.717, 1.165) is 31.3 Å². The summed E-state index contributed by atoms with van der Waals surface area (Å²) in [5, 5.41) is 11.7. The number of aliphatic carboxylic acids is 1. The molecule has 0 amide bonds. The fourth-order valence-electron chi connectivity index (χ4n) is 2.49. The quantitative estimate of drug-likeness (QED) is 0.576. The number of fused-ring (bicyclic) bond motifs is 1. The molecule has 1 heterocycles. The van der Waals surface area contributed by atoms with Gasteiger partial charge in [0.2, 0.25) is 0 Å². The second kappa shape index (κ2) is 6.57. The van der Waals surface area contributed by atoms with Gasteiger partial charge in [0.1, 0.15) is 4.75 Å². The molecular formula is C19H16BrNO2S. The summed E-state index contributed by atoms with van der Waals surface area (Å²) < 4.78 is 0.118. The zero-order valence-corrected chi connectivity index (χ0v) is 15.7. The lowest BCUT2D eigenvalue weighted by Gasteiger charge is -2.20. The minimum atomic E-state index is -0.915. The monoisotopic (exact) mass is 401 g/mol. The molecule has 0 fully saturated rings. The van der Waals surface area contributed by atoms with E-state index in [1.807, 2.05) is 30.3 Å². The SMILES string of the molecule is CC(C)(Sc1ccncc1-c1ccc(Br)c2ccccc12)C(=O)O. The predicted octanol–water partition coefficient (Wildman–Crippen LogP) is 5.62. The number of aromatic nitrogens is 1. The molecule has 3 aromatic rings. The van der Waals surface area contributed by atoms with Gasteiger partial charge in [-0.25, -0.2) is 0 Å². The van der Waals surface area contributed by atoms with Crippen LogP contribution in [-0.2, 0) is 4.79 Å².